The topological polar surface area (TPSA) is 72.7 Å². The summed E-state index contributed by atoms with van der Waals surface area (Å²) in [7, 11) is 0. The van der Waals surface area contributed by atoms with E-state index in [4.69, 9.17) is 0 Å². The monoisotopic (exact) mass is 395 g/mol. The Labute approximate surface area is 164 Å². The fourth-order valence-corrected chi connectivity index (χ4v) is 4.56. The minimum atomic E-state index is -0.00480. The van der Waals surface area contributed by atoms with Gasteiger partial charge in [-0.25, -0.2) is 14.6 Å². The van der Waals surface area contributed by atoms with Crippen molar-refractivity contribution in [3.63, 3.8) is 0 Å². The number of hydrogen-bond donors (Lipinski definition) is 1. The van der Waals surface area contributed by atoms with Gasteiger partial charge in [0.05, 0.1) is 22.5 Å². The molecule has 0 spiro atoms. The molecule has 1 N–H and O–H groups in total. The van der Waals surface area contributed by atoms with Crippen molar-refractivity contribution in [3.05, 3.63) is 72.3 Å². The van der Waals surface area contributed by atoms with Crippen LogP contribution in [0.2, 0.25) is 0 Å². The number of carbonyl (C=O) groups is 1. The maximum absolute atomic E-state index is 12.3. The molecular weight excluding hydrogens is 378 g/mol. The normalized spacial score (nSPS) is 11.0. The molecule has 0 fully saturated rings. The second-order valence-electron chi connectivity index (χ2n) is 5.87. The lowest BCUT2D eigenvalue weighted by Crippen LogP contribution is -2.25. The van der Waals surface area contributed by atoms with Crippen LogP contribution >= 0.6 is 23.1 Å². The summed E-state index contributed by atoms with van der Waals surface area (Å²) in [6, 6.07) is 16.0. The van der Waals surface area contributed by atoms with Crippen LogP contribution < -0.4 is 5.32 Å². The van der Waals surface area contributed by atoms with Gasteiger partial charge in [-0.2, -0.15) is 5.10 Å². The number of aromatic nitrogens is 4. The molecular formula is C19H17N5OS2. The molecule has 0 aliphatic carbocycles. The molecule has 0 saturated carbocycles. The maximum Gasteiger partial charge on any atom is 0.230 e. The summed E-state index contributed by atoms with van der Waals surface area (Å²) in [6.07, 6.45) is 3.20. The van der Waals surface area contributed by atoms with Gasteiger partial charge in [0.1, 0.15) is 12.7 Å². The van der Waals surface area contributed by atoms with E-state index >= 15 is 0 Å². The van der Waals surface area contributed by atoms with E-state index in [9.17, 15) is 4.79 Å². The highest BCUT2D eigenvalue weighted by Crippen LogP contribution is 2.29. The molecule has 2 aromatic carbocycles. The number of fused-ring (bicyclic) bond motifs is 1. The highest BCUT2D eigenvalue weighted by Gasteiger charge is 2.09. The molecule has 4 rings (SSSR count). The molecule has 0 bridgehead atoms. The van der Waals surface area contributed by atoms with Gasteiger partial charge in [-0.05, 0) is 23.3 Å². The second kappa shape index (κ2) is 8.32. The first-order valence-corrected chi connectivity index (χ1v) is 10.2. The number of rotatable bonds is 7. The van der Waals surface area contributed by atoms with E-state index in [1.165, 1.54) is 18.1 Å². The number of para-hydroxylation sites is 1. The standard InChI is InChI=1S/C19H17N5OS2/c25-18(11-26-19-23-16-7-3-4-8-17(16)27-19)21-9-14-5-1-2-6-15(14)10-24-13-20-12-22-24/h1-8,12-13H,9-11H2,(H,21,25). The Bertz CT molecular complexity index is 1010. The Hall–Kier alpha value is -2.71. The quantitative estimate of drug-likeness (QED) is 0.486. The van der Waals surface area contributed by atoms with E-state index in [0.717, 1.165) is 25.7 Å². The van der Waals surface area contributed by atoms with Crippen molar-refractivity contribution >= 4 is 39.2 Å². The largest absolute Gasteiger partial charge is 0.351 e. The molecule has 4 aromatic rings. The average Bonchev–Trinajstić information content (AvgIpc) is 3.34. The summed E-state index contributed by atoms with van der Waals surface area (Å²) in [5, 5.41) is 7.13. The molecule has 0 radical (unpaired) electrons. The molecule has 136 valence electrons. The zero-order valence-electron chi connectivity index (χ0n) is 14.4. The molecule has 6 nitrogen and oxygen atoms in total. The van der Waals surface area contributed by atoms with Crippen LogP contribution in [0.4, 0.5) is 0 Å². The molecule has 0 saturated heterocycles. The Morgan fingerprint density at radius 2 is 1.93 bits per heavy atom. The van der Waals surface area contributed by atoms with Gasteiger partial charge in [0.25, 0.3) is 0 Å². The molecule has 0 aliphatic rings. The molecule has 0 aliphatic heterocycles. The second-order valence-corrected chi connectivity index (χ2v) is 8.13. The number of nitrogens with zero attached hydrogens (tertiary/aromatic N) is 4. The number of hydrogen-bond acceptors (Lipinski definition) is 6. The fourth-order valence-electron chi connectivity index (χ4n) is 2.66. The minimum Gasteiger partial charge on any atom is -0.351 e. The first kappa shape index (κ1) is 17.7. The third-order valence-electron chi connectivity index (χ3n) is 3.99. The van der Waals surface area contributed by atoms with Gasteiger partial charge in [0.15, 0.2) is 4.34 Å². The van der Waals surface area contributed by atoms with Crippen LogP contribution in [0, 0.1) is 0 Å². The van der Waals surface area contributed by atoms with E-state index < -0.39 is 0 Å². The summed E-state index contributed by atoms with van der Waals surface area (Å²) >= 11 is 3.08. The van der Waals surface area contributed by atoms with Crippen LogP contribution in [0.5, 0.6) is 0 Å². The molecule has 8 heteroatoms. The van der Waals surface area contributed by atoms with Crippen molar-refractivity contribution in [1.82, 2.24) is 25.1 Å². The van der Waals surface area contributed by atoms with E-state index in [1.807, 2.05) is 48.5 Å². The number of nitrogens with one attached hydrogen (secondary N) is 1. The minimum absolute atomic E-state index is 0.00480. The summed E-state index contributed by atoms with van der Waals surface area (Å²) in [5.41, 5.74) is 3.17. The fraction of sp³-hybridized carbons (Fsp3) is 0.158. The summed E-state index contributed by atoms with van der Waals surface area (Å²) < 4.78 is 3.82. The predicted molar refractivity (Wildman–Crippen MR) is 108 cm³/mol. The van der Waals surface area contributed by atoms with Crippen molar-refractivity contribution in [2.24, 2.45) is 0 Å². The summed E-state index contributed by atoms with van der Waals surface area (Å²) in [5.74, 6) is 0.347. The van der Waals surface area contributed by atoms with Crippen LogP contribution in [-0.2, 0) is 17.9 Å². The Kier molecular flexibility index (Phi) is 5.45. The first-order chi connectivity index (χ1) is 13.3. The van der Waals surface area contributed by atoms with E-state index in [0.29, 0.717) is 18.8 Å². The first-order valence-electron chi connectivity index (χ1n) is 8.42. The van der Waals surface area contributed by atoms with Crippen LogP contribution in [0.3, 0.4) is 0 Å². The van der Waals surface area contributed by atoms with Gasteiger partial charge in [-0.3, -0.25) is 4.79 Å². The Balaban J connectivity index is 1.32. The molecule has 27 heavy (non-hydrogen) atoms. The van der Waals surface area contributed by atoms with Crippen molar-refractivity contribution in [2.45, 2.75) is 17.4 Å². The van der Waals surface area contributed by atoms with Gasteiger partial charge in [-0.1, -0.05) is 48.2 Å². The smallest absolute Gasteiger partial charge is 0.230 e. The lowest BCUT2D eigenvalue weighted by Gasteiger charge is -2.10. The number of thiazole rings is 1. The van der Waals surface area contributed by atoms with Crippen molar-refractivity contribution in [1.29, 1.82) is 0 Å². The van der Waals surface area contributed by atoms with Gasteiger partial charge in [-0.15, -0.1) is 11.3 Å². The van der Waals surface area contributed by atoms with Gasteiger partial charge < -0.3 is 5.32 Å². The number of benzene rings is 2. The van der Waals surface area contributed by atoms with Crippen LogP contribution in [0.15, 0.2) is 65.5 Å². The molecule has 2 aromatic heterocycles. The molecule has 0 unspecified atom stereocenters. The van der Waals surface area contributed by atoms with E-state index in [-0.39, 0.29) is 5.91 Å². The maximum atomic E-state index is 12.3. The SMILES string of the molecule is O=C(CSc1nc2ccccc2s1)NCc1ccccc1Cn1cncn1. The van der Waals surface area contributed by atoms with Crippen molar-refractivity contribution in [3.8, 4) is 0 Å². The van der Waals surface area contributed by atoms with Crippen LogP contribution in [-0.4, -0.2) is 31.4 Å². The van der Waals surface area contributed by atoms with E-state index in [2.05, 4.69) is 20.4 Å². The van der Waals surface area contributed by atoms with Crippen LogP contribution in [0.1, 0.15) is 11.1 Å². The zero-order valence-corrected chi connectivity index (χ0v) is 16.0. The third-order valence-corrected chi connectivity index (χ3v) is 6.17. The zero-order chi connectivity index (χ0) is 18.5. The summed E-state index contributed by atoms with van der Waals surface area (Å²) in [6.45, 7) is 1.12. The number of thioether (sulfide) groups is 1. The third kappa shape index (κ3) is 4.53. The highest BCUT2D eigenvalue weighted by atomic mass is 32.2. The molecule has 0 atom stereocenters. The lowest BCUT2D eigenvalue weighted by molar-refractivity contribution is -0.118. The number of carbonyl (C=O) groups excluding carboxylic acids is 1. The van der Waals surface area contributed by atoms with Gasteiger partial charge in [0, 0.05) is 6.54 Å². The van der Waals surface area contributed by atoms with E-state index in [1.54, 1.807) is 22.3 Å². The summed E-state index contributed by atoms with van der Waals surface area (Å²) in [4.78, 5) is 20.8. The van der Waals surface area contributed by atoms with Gasteiger partial charge in [0.2, 0.25) is 5.91 Å². The molecule has 2 heterocycles. The molecule has 1 amide bonds. The predicted octanol–water partition coefficient (Wildman–Crippen LogP) is 3.34. The van der Waals surface area contributed by atoms with Crippen molar-refractivity contribution < 1.29 is 4.79 Å². The lowest BCUT2D eigenvalue weighted by atomic mass is 10.1. The van der Waals surface area contributed by atoms with Crippen molar-refractivity contribution in [2.75, 3.05) is 5.75 Å². The number of amides is 1. The van der Waals surface area contributed by atoms with Crippen LogP contribution in [0.25, 0.3) is 10.2 Å². The highest BCUT2D eigenvalue weighted by molar-refractivity contribution is 8.01. The Morgan fingerprint density at radius 1 is 1.11 bits per heavy atom. The van der Waals surface area contributed by atoms with Gasteiger partial charge >= 0.3 is 0 Å². The average molecular weight is 396 g/mol. The Morgan fingerprint density at radius 3 is 2.74 bits per heavy atom.